The molecule has 0 amide bonds. The van der Waals surface area contributed by atoms with Crippen LogP contribution in [0.15, 0.2) is 22.7 Å². The van der Waals surface area contributed by atoms with Gasteiger partial charge in [-0.3, -0.25) is 5.10 Å². The number of aromatic nitrogens is 2. The van der Waals surface area contributed by atoms with Crippen LogP contribution in [0, 0.1) is 6.92 Å². The van der Waals surface area contributed by atoms with Crippen LogP contribution in [0.4, 0.5) is 0 Å². The number of H-pyrrole nitrogens is 1. The van der Waals surface area contributed by atoms with Gasteiger partial charge in [0.2, 0.25) is 0 Å². The molecule has 0 aliphatic heterocycles. The van der Waals surface area contributed by atoms with Gasteiger partial charge in [0.25, 0.3) is 0 Å². The number of ether oxygens (including phenoxy) is 1. The molecular weight excluding hydrogens is 242 g/mol. The number of nitrogens with zero attached hydrogens (tertiary/aromatic N) is 1. The van der Waals surface area contributed by atoms with E-state index in [9.17, 15) is 0 Å². The van der Waals surface area contributed by atoms with Gasteiger partial charge in [0, 0.05) is 25.3 Å². The predicted molar refractivity (Wildman–Crippen MR) is 73.8 cm³/mol. The maximum Gasteiger partial charge on any atom is 0.152 e. The molecule has 0 aromatic carbocycles. The minimum atomic E-state index is 0.214. The second-order valence-corrected chi connectivity index (χ2v) is 4.58. The van der Waals surface area contributed by atoms with Crippen molar-refractivity contribution in [2.24, 2.45) is 0 Å². The Morgan fingerprint density at radius 1 is 1.47 bits per heavy atom. The van der Waals surface area contributed by atoms with Crippen LogP contribution in [0.25, 0.3) is 11.5 Å². The van der Waals surface area contributed by atoms with Crippen molar-refractivity contribution in [3.8, 4) is 11.5 Å². The first-order chi connectivity index (χ1) is 9.20. The van der Waals surface area contributed by atoms with Gasteiger partial charge in [0.05, 0.1) is 12.3 Å². The molecule has 2 rings (SSSR count). The van der Waals surface area contributed by atoms with E-state index in [4.69, 9.17) is 9.15 Å². The van der Waals surface area contributed by atoms with Crippen molar-refractivity contribution >= 4 is 0 Å². The van der Waals surface area contributed by atoms with Crippen LogP contribution in [-0.2, 0) is 11.3 Å². The predicted octanol–water partition coefficient (Wildman–Crippen LogP) is 2.49. The van der Waals surface area contributed by atoms with Gasteiger partial charge in [-0.2, -0.15) is 5.10 Å². The fraction of sp³-hybridized carbons (Fsp3) is 0.500. The molecule has 5 heteroatoms. The molecule has 2 heterocycles. The number of hydrogen-bond donors (Lipinski definition) is 2. The number of aromatic amines is 1. The van der Waals surface area contributed by atoms with Crippen LogP contribution in [0.1, 0.15) is 25.2 Å². The van der Waals surface area contributed by atoms with Crippen molar-refractivity contribution < 1.29 is 9.15 Å². The van der Waals surface area contributed by atoms with E-state index in [0.717, 1.165) is 42.5 Å². The van der Waals surface area contributed by atoms with Gasteiger partial charge in [-0.1, -0.05) is 0 Å². The monoisotopic (exact) mass is 263 g/mol. The highest BCUT2D eigenvalue weighted by molar-refractivity contribution is 5.56. The molecule has 2 aromatic rings. The highest BCUT2D eigenvalue weighted by Crippen LogP contribution is 2.23. The normalized spacial score (nSPS) is 12.8. The van der Waals surface area contributed by atoms with Gasteiger partial charge in [-0.15, -0.1) is 0 Å². The van der Waals surface area contributed by atoms with Crippen LogP contribution in [0.3, 0.4) is 0 Å². The molecule has 5 nitrogen and oxygen atoms in total. The maximum absolute atomic E-state index is 5.61. The number of hydrogen-bond acceptors (Lipinski definition) is 4. The molecule has 0 aliphatic rings. The largest absolute Gasteiger partial charge is 0.460 e. The van der Waals surface area contributed by atoms with Gasteiger partial charge < -0.3 is 14.5 Å². The number of nitrogens with one attached hydrogen (secondary N) is 2. The molecule has 0 fully saturated rings. The van der Waals surface area contributed by atoms with E-state index in [-0.39, 0.29) is 6.10 Å². The van der Waals surface area contributed by atoms with Crippen LogP contribution in [0.2, 0.25) is 0 Å². The van der Waals surface area contributed by atoms with Crippen LogP contribution in [-0.4, -0.2) is 29.5 Å². The Balaban J connectivity index is 1.93. The van der Waals surface area contributed by atoms with Crippen LogP contribution < -0.4 is 5.32 Å². The molecule has 0 bridgehead atoms. The molecule has 19 heavy (non-hydrogen) atoms. The summed E-state index contributed by atoms with van der Waals surface area (Å²) < 4.78 is 11.1. The molecule has 0 radical (unpaired) electrons. The summed E-state index contributed by atoms with van der Waals surface area (Å²) in [4.78, 5) is 0. The quantitative estimate of drug-likeness (QED) is 0.805. The maximum atomic E-state index is 5.61. The van der Waals surface area contributed by atoms with Crippen LogP contribution in [0.5, 0.6) is 0 Å². The van der Waals surface area contributed by atoms with Crippen molar-refractivity contribution in [1.82, 2.24) is 15.5 Å². The Labute approximate surface area is 113 Å². The van der Waals surface area contributed by atoms with Gasteiger partial charge in [0.1, 0.15) is 11.5 Å². The standard InChI is InChI=1S/C14H21N3O2/c1-4-18-11(3)7-15-8-12-9-16-17-14(12)13-6-5-10(2)19-13/h5-6,9,11,15H,4,7-8H2,1-3H3,(H,16,17). The van der Waals surface area contributed by atoms with E-state index in [1.54, 1.807) is 0 Å². The first kappa shape index (κ1) is 13.8. The first-order valence-corrected chi connectivity index (χ1v) is 6.62. The lowest BCUT2D eigenvalue weighted by atomic mass is 10.2. The second-order valence-electron chi connectivity index (χ2n) is 4.58. The molecule has 2 N–H and O–H groups in total. The highest BCUT2D eigenvalue weighted by Gasteiger charge is 2.11. The third kappa shape index (κ3) is 3.68. The van der Waals surface area contributed by atoms with Crippen molar-refractivity contribution in [2.75, 3.05) is 13.2 Å². The lowest BCUT2D eigenvalue weighted by Crippen LogP contribution is -2.26. The number of rotatable bonds is 7. The summed E-state index contributed by atoms with van der Waals surface area (Å²) in [5.74, 6) is 1.72. The summed E-state index contributed by atoms with van der Waals surface area (Å²) >= 11 is 0. The Bertz CT molecular complexity index is 504. The molecule has 0 saturated carbocycles. The van der Waals surface area contributed by atoms with E-state index in [1.807, 2.05) is 32.2 Å². The zero-order chi connectivity index (χ0) is 13.7. The SMILES string of the molecule is CCOC(C)CNCc1cn[nH]c1-c1ccc(C)o1. The molecule has 0 aliphatic carbocycles. The lowest BCUT2D eigenvalue weighted by Gasteiger charge is -2.12. The molecule has 2 aromatic heterocycles. The van der Waals surface area contributed by atoms with E-state index in [1.165, 1.54) is 0 Å². The fourth-order valence-corrected chi connectivity index (χ4v) is 1.98. The average molecular weight is 263 g/mol. The van der Waals surface area contributed by atoms with Gasteiger partial charge in [-0.25, -0.2) is 0 Å². The van der Waals surface area contributed by atoms with E-state index >= 15 is 0 Å². The lowest BCUT2D eigenvalue weighted by molar-refractivity contribution is 0.0759. The smallest absolute Gasteiger partial charge is 0.152 e. The summed E-state index contributed by atoms with van der Waals surface area (Å²) in [5.41, 5.74) is 2.03. The van der Waals surface area contributed by atoms with Gasteiger partial charge >= 0.3 is 0 Å². The topological polar surface area (TPSA) is 63.1 Å². The molecular formula is C14H21N3O2. The average Bonchev–Trinajstić information content (AvgIpc) is 2.98. The summed E-state index contributed by atoms with van der Waals surface area (Å²) in [6.07, 6.45) is 2.04. The summed E-state index contributed by atoms with van der Waals surface area (Å²) in [7, 11) is 0. The molecule has 0 spiro atoms. The summed E-state index contributed by atoms with van der Waals surface area (Å²) in [6.45, 7) is 8.29. The summed E-state index contributed by atoms with van der Waals surface area (Å²) in [6, 6.07) is 3.90. The Morgan fingerprint density at radius 2 is 2.32 bits per heavy atom. The van der Waals surface area contributed by atoms with Crippen molar-refractivity contribution in [1.29, 1.82) is 0 Å². The van der Waals surface area contributed by atoms with Gasteiger partial charge in [0.15, 0.2) is 5.76 Å². The van der Waals surface area contributed by atoms with Crippen molar-refractivity contribution in [2.45, 2.75) is 33.4 Å². The third-order valence-corrected chi connectivity index (χ3v) is 2.90. The van der Waals surface area contributed by atoms with E-state index in [0.29, 0.717) is 0 Å². The van der Waals surface area contributed by atoms with Crippen LogP contribution >= 0.6 is 0 Å². The van der Waals surface area contributed by atoms with Crippen molar-refractivity contribution in [3.05, 3.63) is 29.7 Å². The highest BCUT2D eigenvalue weighted by atomic mass is 16.5. The second kappa shape index (κ2) is 6.54. The number of aryl methyl sites for hydroxylation is 1. The third-order valence-electron chi connectivity index (χ3n) is 2.90. The van der Waals surface area contributed by atoms with E-state index in [2.05, 4.69) is 22.4 Å². The minimum absolute atomic E-state index is 0.214. The minimum Gasteiger partial charge on any atom is -0.460 e. The molecule has 1 unspecified atom stereocenters. The first-order valence-electron chi connectivity index (χ1n) is 6.62. The molecule has 0 saturated heterocycles. The Morgan fingerprint density at radius 3 is 3.00 bits per heavy atom. The van der Waals surface area contributed by atoms with Gasteiger partial charge in [-0.05, 0) is 32.9 Å². The zero-order valence-electron chi connectivity index (χ0n) is 11.7. The number of furan rings is 1. The molecule has 104 valence electrons. The Hall–Kier alpha value is -1.59. The zero-order valence-corrected chi connectivity index (χ0v) is 11.7. The Kier molecular flexibility index (Phi) is 4.76. The molecule has 1 atom stereocenters. The fourth-order valence-electron chi connectivity index (χ4n) is 1.98. The summed E-state index contributed by atoms with van der Waals surface area (Å²) in [5, 5.41) is 10.4. The van der Waals surface area contributed by atoms with Crippen molar-refractivity contribution in [3.63, 3.8) is 0 Å². The van der Waals surface area contributed by atoms with E-state index < -0.39 is 0 Å².